The van der Waals surface area contributed by atoms with Gasteiger partial charge in [0.25, 0.3) is 0 Å². The molecule has 0 saturated heterocycles. The zero-order chi connectivity index (χ0) is 26.8. The number of carboxylic acids is 1. The number of rotatable bonds is 7. The molecule has 2 heterocycles. The molecular formula is C31H28N3O4-. The van der Waals surface area contributed by atoms with Gasteiger partial charge in [0.1, 0.15) is 5.75 Å². The average Bonchev–Trinajstić information content (AvgIpc) is 3.37. The molecule has 0 spiro atoms. The molecule has 1 atom stereocenters. The number of pyridine rings is 1. The van der Waals surface area contributed by atoms with Gasteiger partial charge < -0.3 is 14.6 Å². The fraction of sp³-hybridized carbons (Fsp3) is 0.226. The molecule has 0 N–H and O–H groups in total. The van der Waals surface area contributed by atoms with Gasteiger partial charge in [-0.3, -0.25) is 9.78 Å². The monoisotopic (exact) mass is 506 g/mol. The fourth-order valence-corrected chi connectivity index (χ4v) is 5.06. The molecule has 192 valence electrons. The van der Waals surface area contributed by atoms with Crippen molar-refractivity contribution in [3.63, 3.8) is 0 Å². The van der Waals surface area contributed by atoms with Crippen LogP contribution in [-0.2, 0) is 9.59 Å². The van der Waals surface area contributed by atoms with E-state index in [0.717, 1.165) is 50.1 Å². The lowest BCUT2D eigenvalue weighted by Crippen LogP contribution is -2.29. The third-order valence-corrected chi connectivity index (χ3v) is 6.88. The largest absolute Gasteiger partial charge is 0.550 e. The second-order valence-corrected chi connectivity index (χ2v) is 9.48. The van der Waals surface area contributed by atoms with Gasteiger partial charge in [-0.1, -0.05) is 54.1 Å². The molecule has 1 aliphatic heterocycles. The van der Waals surface area contributed by atoms with Crippen molar-refractivity contribution < 1.29 is 19.4 Å². The lowest BCUT2D eigenvalue weighted by molar-refractivity contribution is -0.305. The number of hydrogen-bond donors (Lipinski definition) is 0. The van der Waals surface area contributed by atoms with Gasteiger partial charge in [0, 0.05) is 41.0 Å². The molecule has 0 radical (unpaired) electrons. The summed E-state index contributed by atoms with van der Waals surface area (Å²) < 4.78 is 5.30. The van der Waals surface area contributed by atoms with Crippen molar-refractivity contribution in [3.05, 3.63) is 95.2 Å². The van der Waals surface area contributed by atoms with Crippen LogP contribution in [0.2, 0.25) is 0 Å². The summed E-state index contributed by atoms with van der Waals surface area (Å²) in [5.74, 6) is -0.924. The summed E-state index contributed by atoms with van der Waals surface area (Å²) in [5.41, 5.74) is 7.40. The Kier molecular flexibility index (Phi) is 6.92. The van der Waals surface area contributed by atoms with Crippen LogP contribution in [0.1, 0.15) is 47.7 Å². The molecule has 4 aromatic rings. The Morgan fingerprint density at radius 2 is 1.71 bits per heavy atom. The van der Waals surface area contributed by atoms with Crippen LogP contribution >= 0.6 is 0 Å². The van der Waals surface area contributed by atoms with Gasteiger partial charge in [-0.2, -0.15) is 5.10 Å². The van der Waals surface area contributed by atoms with E-state index in [1.165, 1.54) is 5.01 Å². The van der Waals surface area contributed by atoms with Crippen LogP contribution in [0.15, 0.2) is 77.9 Å². The number of ether oxygens (including phenoxy) is 1. The molecule has 38 heavy (non-hydrogen) atoms. The second kappa shape index (κ2) is 10.5. The van der Waals surface area contributed by atoms with Crippen LogP contribution < -0.4 is 9.84 Å². The summed E-state index contributed by atoms with van der Waals surface area (Å²) in [6.07, 6.45) is -0.0882. The molecular weight excluding hydrogens is 478 g/mol. The first kappa shape index (κ1) is 25.1. The molecule has 1 aliphatic rings. The molecule has 1 amide bonds. The van der Waals surface area contributed by atoms with E-state index < -0.39 is 5.97 Å². The number of hydrazone groups is 1. The molecule has 0 saturated carbocycles. The predicted octanol–water partition coefficient (Wildman–Crippen LogP) is 4.74. The molecule has 7 heteroatoms. The Morgan fingerprint density at radius 1 is 0.974 bits per heavy atom. The Labute approximate surface area is 221 Å². The molecule has 0 fully saturated rings. The number of hydrogen-bond acceptors (Lipinski definition) is 6. The number of carboxylic acid groups (broad SMARTS) is 1. The normalized spacial score (nSPS) is 15.0. The zero-order valence-corrected chi connectivity index (χ0v) is 21.6. The second-order valence-electron chi connectivity index (χ2n) is 9.48. The van der Waals surface area contributed by atoms with Crippen molar-refractivity contribution in [2.24, 2.45) is 5.10 Å². The molecule has 1 aromatic heterocycles. The van der Waals surface area contributed by atoms with E-state index in [2.05, 4.69) is 25.1 Å². The topological polar surface area (TPSA) is 94.9 Å². The first-order valence-corrected chi connectivity index (χ1v) is 12.6. The predicted molar refractivity (Wildman–Crippen MR) is 145 cm³/mol. The van der Waals surface area contributed by atoms with E-state index in [4.69, 9.17) is 14.8 Å². The molecule has 0 aliphatic carbocycles. The fourth-order valence-electron chi connectivity index (χ4n) is 5.06. The van der Waals surface area contributed by atoms with Gasteiger partial charge in [-0.05, 0) is 55.7 Å². The van der Waals surface area contributed by atoms with Gasteiger partial charge >= 0.3 is 0 Å². The quantitative estimate of drug-likeness (QED) is 0.361. The summed E-state index contributed by atoms with van der Waals surface area (Å²) in [6.45, 7) is 4.02. The minimum atomic E-state index is -1.26. The maximum Gasteiger partial charge on any atom is 0.243 e. The third-order valence-electron chi connectivity index (χ3n) is 6.88. The third kappa shape index (κ3) is 4.87. The molecule has 5 rings (SSSR count). The van der Waals surface area contributed by atoms with Crippen LogP contribution in [0.3, 0.4) is 0 Å². The van der Waals surface area contributed by atoms with Crippen molar-refractivity contribution in [3.8, 4) is 16.9 Å². The maximum absolute atomic E-state index is 13.2. The van der Waals surface area contributed by atoms with Crippen LogP contribution in [0.4, 0.5) is 0 Å². The van der Waals surface area contributed by atoms with Gasteiger partial charge in [-0.25, -0.2) is 5.01 Å². The highest BCUT2D eigenvalue weighted by Crippen LogP contribution is 2.40. The summed E-state index contributed by atoms with van der Waals surface area (Å²) in [4.78, 5) is 29.2. The smallest absolute Gasteiger partial charge is 0.243 e. The van der Waals surface area contributed by atoms with Gasteiger partial charge in [0.15, 0.2) is 0 Å². The lowest BCUT2D eigenvalue weighted by atomic mass is 9.89. The Bertz CT molecular complexity index is 1550. The number of fused-ring (bicyclic) bond motifs is 1. The highest BCUT2D eigenvalue weighted by Gasteiger charge is 2.35. The Balaban J connectivity index is 1.67. The van der Waals surface area contributed by atoms with E-state index in [1.54, 1.807) is 7.11 Å². The van der Waals surface area contributed by atoms with Gasteiger partial charge in [0.05, 0.1) is 24.4 Å². The summed E-state index contributed by atoms with van der Waals surface area (Å²) in [6, 6.07) is 23.5. The number of aliphatic carboxylic acids is 1. The first-order valence-electron chi connectivity index (χ1n) is 12.6. The highest BCUT2D eigenvalue weighted by molar-refractivity contribution is 6.14. The summed E-state index contributed by atoms with van der Waals surface area (Å²) in [7, 11) is 1.60. The number of nitrogens with zero attached hydrogens (tertiary/aromatic N) is 3. The minimum Gasteiger partial charge on any atom is -0.550 e. The van der Waals surface area contributed by atoms with Gasteiger partial charge in [0.2, 0.25) is 5.91 Å². The van der Waals surface area contributed by atoms with Crippen LogP contribution in [-0.4, -0.2) is 34.7 Å². The number of amides is 1. The van der Waals surface area contributed by atoms with E-state index in [0.29, 0.717) is 12.2 Å². The Morgan fingerprint density at radius 3 is 2.39 bits per heavy atom. The van der Waals surface area contributed by atoms with Crippen molar-refractivity contribution >= 4 is 28.5 Å². The lowest BCUT2D eigenvalue weighted by Gasteiger charge is -2.22. The van der Waals surface area contributed by atoms with Crippen LogP contribution in [0.5, 0.6) is 5.75 Å². The van der Waals surface area contributed by atoms with Crippen molar-refractivity contribution in [2.75, 3.05) is 7.11 Å². The number of aryl methyl sites for hydroxylation is 2. The van der Waals surface area contributed by atoms with E-state index in [9.17, 15) is 14.7 Å². The average molecular weight is 507 g/mol. The summed E-state index contributed by atoms with van der Waals surface area (Å²) in [5, 5.41) is 18.4. The maximum atomic E-state index is 13.2. The van der Waals surface area contributed by atoms with Crippen LogP contribution in [0, 0.1) is 13.8 Å². The molecule has 3 aromatic carbocycles. The van der Waals surface area contributed by atoms with Crippen molar-refractivity contribution in [1.29, 1.82) is 0 Å². The Hall–Kier alpha value is -4.52. The molecule has 0 unspecified atom stereocenters. The highest BCUT2D eigenvalue weighted by atomic mass is 16.5. The van der Waals surface area contributed by atoms with Crippen molar-refractivity contribution in [2.45, 2.75) is 39.2 Å². The SMILES string of the molecule is COc1ccc([C@@H]2CC(c3c(C)nc4ccc(C)cc4c3-c3ccccc3)=NN2C(=O)CCC(=O)[O-])cc1. The first-order chi connectivity index (χ1) is 18.4. The van der Waals surface area contributed by atoms with E-state index in [1.807, 2.05) is 61.5 Å². The molecule has 0 bridgehead atoms. The summed E-state index contributed by atoms with van der Waals surface area (Å²) >= 11 is 0. The van der Waals surface area contributed by atoms with Crippen molar-refractivity contribution in [1.82, 2.24) is 9.99 Å². The van der Waals surface area contributed by atoms with Crippen LogP contribution in [0.25, 0.3) is 22.0 Å². The van der Waals surface area contributed by atoms with E-state index >= 15 is 0 Å². The number of methoxy groups -OCH3 is 1. The number of benzene rings is 3. The standard InChI is InChI=1S/C31H29N3O4/c1-19-9-14-25-24(17-19)31(22-7-5-4-6-8-22)30(20(2)32-25)26-18-27(21-10-12-23(38-3)13-11-21)34(33-26)28(35)15-16-29(36)37/h4-14,17,27H,15-16,18H2,1-3H3,(H,36,37)/p-1/t27-/m0/s1. The zero-order valence-electron chi connectivity index (χ0n) is 21.6. The molecule has 7 nitrogen and oxygen atoms in total. The number of carbonyl (C=O) groups is 2. The van der Waals surface area contributed by atoms with E-state index in [-0.39, 0.29) is 24.8 Å². The number of aromatic nitrogens is 1. The minimum absolute atomic E-state index is 0.189. The van der Waals surface area contributed by atoms with Gasteiger partial charge in [-0.15, -0.1) is 0 Å². The number of carbonyl (C=O) groups excluding carboxylic acids is 2.